The molecule has 0 unspecified atom stereocenters. The van der Waals surface area contributed by atoms with Crippen LogP contribution >= 0.6 is 0 Å². The van der Waals surface area contributed by atoms with Gasteiger partial charge in [0.25, 0.3) is 6.33 Å². The van der Waals surface area contributed by atoms with E-state index >= 15 is 0 Å². The maximum absolute atomic E-state index is 9.06. The number of fused-ring (bicyclic) bond motifs is 5. The minimum Gasteiger partial charge on any atom is -0.510 e. The van der Waals surface area contributed by atoms with Crippen LogP contribution in [0, 0.1) is 25.4 Å². The van der Waals surface area contributed by atoms with Gasteiger partial charge in [-0.1, -0.05) is 172 Å². The molecule has 5 nitrogen and oxygen atoms in total. The first kappa shape index (κ1) is 34.0. The van der Waals surface area contributed by atoms with Crippen molar-refractivity contribution in [2.75, 3.05) is 0 Å². The van der Waals surface area contributed by atoms with Crippen molar-refractivity contribution in [1.82, 2.24) is 14.1 Å². The predicted octanol–water partition coefficient (Wildman–Crippen LogP) is 15.2. The Kier molecular flexibility index (Phi) is 8.54. The van der Waals surface area contributed by atoms with Crippen LogP contribution in [0.2, 0.25) is 0 Å². The van der Waals surface area contributed by atoms with Crippen LogP contribution in [0.4, 0.5) is 0 Å². The summed E-state index contributed by atoms with van der Waals surface area (Å²) >= 11 is 0. The molecule has 0 amide bonds. The van der Waals surface area contributed by atoms with Crippen molar-refractivity contribution in [1.29, 1.82) is 0 Å². The number of hydrogen-bond donors (Lipinski definition) is 0. The number of pyridine rings is 1. The number of aromatic nitrogens is 4. The third-order valence-corrected chi connectivity index (χ3v) is 13.5. The summed E-state index contributed by atoms with van der Waals surface area (Å²) in [6.07, 6.45) is 7.55. The first-order valence-electron chi connectivity index (χ1n) is 27.8. The normalized spacial score (nSPS) is 15.9. The Morgan fingerprint density at radius 3 is 2.00 bits per heavy atom. The molecule has 6 heteroatoms. The first-order valence-corrected chi connectivity index (χ1v) is 22.8. The van der Waals surface area contributed by atoms with Crippen molar-refractivity contribution >= 4 is 32.8 Å². The molecule has 3 heterocycles. The molecule has 0 fully saturated rings. The third kappa shape index (κ3) is 7.70. The Labute approximate surface area is 432 Å². The summed E-state index contributed by atoms with van der Waals surface area (Å²) in [5, 5.41) is 2.01. The number of rotatable bonds is 8. The topological polar surface area (TPSA) is 35.9 Å². The minimum absolute atomic E-state index is 0. The molecule has 8 aromatic carbocycles. The van der Waals surface area contributed by atoms with Crippen LogP contribution in [0.3, 0.4) is 0 Å². The van der Waals surface area contributed by atoms with Gasteiger partial charge < -0.3 is 13.9 Å². The minimum atomic E-state index is -0.572. The van der Waals surface area contributed by atoms with Gasteiger partial charge in [-0.2, -0.15) is 18.2 Å². The van der Waals surface area contributed by atoms with Crippen molar-refractivity contribution in [2.24, 2.45) is 0 Å². The molecule has 0 atom stereocenters. The van der Waals surface area contributed by atoms with E-state index in [1.807, 2.05) is 66.9 Å². The van der Waals surface area contributed by atoms with Crippen molar-refractivity contribution in [3.63, 3.8) is 0 Å². The van der Waals surface area contributed by atoms with E-state index in [2.05, 4.69) is 94.0 Å². The molecule has 340 valence electrons. The number of benzene rings is 8. The fourth-order valence-corrected chi connectivity index (χ4v) is 9.97. The summed E-state index contributed by atoms with van der Waals surface area (Å²) in [6, 6.07) is 40.7. The molecule has 0 aliphatic heterocycles. The number of imidazole rings is 1. The van der Waals surface area contributed by atoms with Gasteiger partial charge in [0.15, 0.2) is 0 Å². The maximum Gasteiger partial charge on any atom is 0.268 e. The van der Waals surface area contributed by atoms with Crippen molar-refractivity contribution < 1.29 is 44.1 Å². The summed E-state index contributed by atoms with van der Waals surface area (Å²) in [5.41, 5.74) is 9.53. The van der Waals surface area contributed by atoms with E-state index < -0.39 is 60.4 Å². The van der Waals surface area contributed by atoms with Gasteiger partial charge in [0.2, 0.25) is 0 Å². The summed E-state index contributed by atoms with van der Waals surface area (Å²) in [5.74, 6) is 1.56. The molecule has 11 aromatic rings. The van der Waals surface area contributed by atoms with Gasteiger partial charge in [-0.05, 0) is 98.3 Å². The molecular weight excluding hydrogens is 1020 g/mol. The summed E-state index contributed by atoms with van der Waals surface area (Å²) in [4.78, 5) is 5.17. The van der Waals surface area contributed by atoms with Gasteiger partial charge in [-0.3, -0.25) is 4.57 Å². The SMILES string of the molecule is [2H]c1c([2H])c([2H])c(-c2cccc(-c3c([2H])c([2H])c([2H])c([2H])c3[2H])c2-[n+]2[c-]n(-c3[c-]c(Oc4[c-]c5c(cc4)c4ccccc4n5-c4ncc(C)cc4-c4ccc5c(c4)C(C)(C)CCC5(C)C)ccc3)c3ccccc32)c([2H])c1[2H].[Pt]. The van der Waals surface area contributed by atoms with Crippen LogP contribution in [0.5, 0.6) is 11.5 Å². The van der Waals surface area contributed by atoms with Gasteiger partial charge in [0.1, 0.15) is 5.82 Å². The molecule has 69 heavy (non-hydrogen) atoms. The summed E-state index contributed by atoms with van der Waals surface area (Å²) in [6.45, 7) is 11.4. The van der Waals surface area contributed by atoms with Crippen LogP contribution in [0.1, 0.15) is 70.9 Å². The maximum atomic E-state index is 9.06. The molecule has 0 bridgehead atoms. The first-order chi connectivity index (χ1) is 37.2. The molecule has 0 radical (unpaired) electrons. The Morgan fingerprint density at radius 2 is 1.26 bits per heavy atom. The Morgan fingerprint density at radius 1 is 0.609 bits per heavy atom. The number of nitrogens with zero attached hydrogens (tertiary/aromatic N) is 4. The molecule has 3 aromatic heterocycles. The van der Waals surface area contributed by atoms with E-state index in [1.54, 1.807) is 33.4 Å². The Hall–Kier alpha value is -7.33. The van der Waals surface area contributed by atoms with E-state index in [9.17, 15) is 0 Å². The van der Waals surface area contributed by atoms with Gasteiger partial charge >= 0.3 is 0 Å². The zero-order valence-corrected chi connectivity index (χ0v) is 40.8. The van der Waals surface area contributed by atoms with Gasteiger partial charge in [0.05, 0.1) is 30.4 Å². The standard InChI is InChI=1S/C63H50N4O.Pt/c1-42-36-53(45-30-33-54-55(37-45)63(4,5)35-34-62(54,2)3)61(64-40-42)67-56-27-13-12-24-51(56)52-32-31-48(39-59(52)67)68-47-23-16-22-46(38-47)65-41-66(58-29-15-14-28-57(58)65)60-49(43-18-8-6-9-19-43)25-17-26-50(60)44-20-10-7-11-21-44;/h6-33,36-37,40H,34-35H2,1-5H3;/q-2;/i6D,7D,8D,9D,10D,11D,18D,19D,20D,21D;. The van der Waals surface area contributed by atoms with E-state index in [-0.39, 0.29) is 59.8 Å². The molecule has 0 saturated carbocycles. The zero-order valence-electron chi connectivity index (χ0n) is 48.6. The quantitative estimate of drug-likeness (QED) is 0.112. The third-order valence-electron chi connectivity index (χ3n) is 13.5. The van der Waals surface area contributed by atoms with E-state index in [0.29, 0.717) is 28.2 Å². The fourth-order valence-electron chi connectivity index (χ4n) is 9.97. The predicted molar refractivity (Wildman–Crippen MR) is 276 cm³/mol. The fraction of sp³-hybridized carbons (Fsp3) is 0.143. The zero-order chi connectivity index (χ0) is 54.9. The van der Waals surface area contributed by atoms with Crippen molar-refractivity contribution in [2.45, 2.75) is 58.3 Å². The average Bonchev–Trinajstić information content (AvgIpc) is 4.26. The average molecular weight is 1080 g/mol. The number of aryl methyl sites for hydroxylation is 1. The second kappa shape index (κ2) is 17.3. The molecule has 1 aliphatic rings. The smallest absolute Gasteiger partial charge is 0.268 e. The van der Waals surface area contributed by atoms with Crippen molar-refractivity contribution in [3.05, 3.63) is 223 Å². The van der Waals surface area contributed by atoms with Crippen LogP contribution in [-0.4, -0.2) is 14.1 Å². The number of para-hydroxylation sites is 4. The molecule has 1 aliphatic carbocycles. The Bertz CT molecular complexity index is 4210. The second-order valence-corrected chi connectivity index (χ2v) is 18.8. The largest absolute Gasteiger partial charge is 0.510 e. The van der Waals surface area contributed by atoms with Crippen LogP contribution in [-0.2, 0) is 31.9 Å². The second-order valence-electron chi connectivity index (χ2n) is 18.8. The molecule has 0 saturated heterocycles. The van der Waals surface area contributed by atoms with E-state index in [4.69, 9.17) is 23.4 Å². The summed E-state index contributed by atoms with van der Waals surface area (Å²) < 4.78 is 99.6. The van der Waals surface area contributed by atoms with Gasteiger partial charge in [-0.25, -0.2) is 4.98 Å². The van der Waals surface area contributed by atoms with Crippen molar-refractivity contribution in [3.8, 4) is 62.1 Å². The molecule has 0 N–H and O–H groups in total. The van der Waals surface area contributed by atoms with E-state index in [0.717, 1.165) is 57.2 Å². The van der Waals surface area contributed by atoms with Gasteiger partial charge in [0, 0.05) is 49.8 Å². The monoisotopic (exact) mass is 1080 g/mol. The summed E-state index contributed by atoms with van der Waals surface area (Å²) in [7, 11) is 0. The van der Waals surface area contributed by atoms with Crippen LogP contribution in [0.25, 0.3) is 83.4 Å². The number of ether oxygens (including phenoxy) is 1. The molecule has 12 rings (SSSR count). The Balaban J connectivity index is 0.00000660. The van der Waals surface area contributed by atoms with Crippen LogP contribution in [0.15, 0.2) is 188 Å². The number of hydrogen-bond acceptors (Lipinski definition) is 2. The molecular formula is C63H50N4OPt-2. The molecule has 0 spiro atoms. The van der Waals surface area contributed by atoms with Crippen LogP contribution < -0.4 is 9.30 Å². The van der Waals surface area contributed by atoms with Gasteiger partial charge in [-0.15, -0.1) is 29.7 Å². The van der Waals surface area contributed by atoms with E-state index in [1.165, 1.54) is 11.1 Å².